The summed E-state index contributed by atoms with van der Waals surface area (Å²) in [5.74, 6) is -0.201. The van der Waals surface area contributed by atoms with Gasteiger partial charge in [0.05, 0.1) is 6.20 Å². The number of benzene rings is 1. The fourth-order valence-corrected chi connectivity index (χ4v) is 1.89. The number of aryl methyl sites for hydroxylation is 1. The van der Waals surface area contributed by atoms with Crippen LogP contribution in [-0.4, -0.2) is 15.9 Å². The monoisotopic (exact) mass is 269 g/mol. The summed E-state index contributed by atoms with van der Waals surface area (Å²) in [6.07, 6.45) is 8.05. The minimum Gasteiger partial charge on any atom is -0.347 e. The lowest BCUT2D eigenvalue weighted by atomic mass is 10.1. The molecule has 1 amide bonds. The molecule has 0 aliphatic carbocycles. The van der Waals surface area contributed by atoms with Crippen LogP contribution in [0, 0.1) is 0 Å². The quantitative estimate of drug-likeness (QED) is 0.877. The molecule has 0 atom stereocenters. The van der Waals surface area contributed by atoms with Gasteiger partial charge in [0.25, 0.3) is 5.91 Å². The van der Waals surface area contributed by atoms with E-state index in [2.05, 4.69) is 46.5 Å². The van der Waals surface area contributed by atoms with Gasteiger partial charge in [0.15, 0.2) is 0 Å². The van der Waals surface area contributed by atoms with Crippen LogP contribution in [0.3, 0.4) is 0 Å². The van der Waals surface area contributed by atoms with Crippen LogP contribution in [0.2, 0.25) is 0 Å². The molecule has 0 saturated carbocycles. The first kappa shape index (κ1) is 14.2. The molecule has 1 heterocycles. The van der Waals surface area contributed by atoms with Crippen molar-refractivity contribution in [2.75, 3.05) is 0 Å². The Morgan fingerprint density at radius 2 is 1.90 bits per heavy atom. The SMILES string of the molecule is CCCCc1ccc(CNC(=O)c2cnccn2)cc1. The zero-order chi connectivity index (χ0) is 14.2. The van der Waals surface area contributed by atoms with Gasteiger partial charge in [0, 0.05) is 18.9 Å². The molecular formula is C16H19N3O. The smallest absolute Gasteiger partial charge is 0.271 e. The Kier molecular flexibility index (Phi) is 5.24. The molecule has 4 heteroatoms. The van der Waals surface area contributed by atoms with Crippen LogP contribution < -0.4 is 5.32 Å². The van der Waals surface area contributed by atoms with Crippen LogP contribution in [-0.2, 0) is 13.0 Å². The molecule has 0 bridgehead atoms. The molecule has 0 aliphatic heterocycles. The predicted molar refractivity (Wildman–Crippen MR) is 78.3 cm³/mol. The maximum atomic E-state index is 11.8. The average molecular weight is 269 g/mol. The molecule has 0 unspecified atom stereocenters. The van der Waals surface area contributed by atoms with Crippen molar-refractivity contribution in [3.63, 3.8) is 0 Å². The van der Waals surface area contributed by atoms with Gasteiger partial charge in [-0.05, 0) is 24.0 Å². The summed E-state index contributed by atoms with van der Waals surface area (Å²) in [4.78, 5) is 19.7. The summed E-state index contributed by atoms with van der Waals surface area (Å²) >= 11 is 0. The minimum absolute atomic E-state index is 0.201. The van der Waals surface area contributed by atoms with Crippen LogP contribution in [0.5, 0.6) is 0 Å². The van der Waals surface area contributed by atoms with Crippen LogP contribution in [0.1, 0.15) is 41.4 Å². The van der Waals surface area contributed by atoms with E-state index in [-0.39, 0.29) is 5.91 Å². The van der Waals surface area contributed by atoms with Crippen molar-refractivity contribution in [3.8, 4) is 0 Å². The largest absolute Gasteiger partial charge is 0.347 e. The Balaban J connectivity index is 1.86. The molecule has 20 heavy (non-hydrogen) atoms. The van der Waals surface area contributed by atoms with Crippen molar-refractivity contribution in [1.82, 2.24) is 15.3 Å². The highest BCUT2D eigenvalue weighted by molar-refractivity contribution is 5.91. The van der Waals surface area contributed by atoms with Gasteiger partial charge < -0.3 is 5.32 Å². The van der Waals surface area contributed by atoms with Crippen molar-refractivity contribution < 1.29 is 4.79 Å². The molecule has 0 spiro atoms. The molecule has 0 radical (unpaired) electrons. The third-order valence-electron chi connectivity index (χ3n) is 3.09. The fourth-order valence-electron chi connectivity index (χ4n) is 1.89. The Hall–Kier alpha value is -2.23. The molecule has 4 nitrogen and oxygen atoms in total. The lowest BCUT2D eigenvalue weighted by molar-refractivity contribution is 0.0945. The summed E-state index contributed by atoms with van der Waals surface area (Å²) in [6, 6.07) is 8.36. The Bertz CT molecular complexity index is 537. The van der Waals surface area contributed by atoms with Gasteiger partial charge in [-0.3, -0.25) is 9.78 Å². The molecule has 0 saturated heterocycles. The van der Waals surface area contributed by atoms with Gasteiger partial charge in [0.2, 0.25) is 0 Å². The molecule has 104 valence electrons. The lowest BCUT2D eigenvalue weighted by Gasteiger charge is -2.06. The standard InChI is InChI=1S/C16H19N3O/c1-2-3-4-13-5-7-14(8-6-13)11-19-16(20)15-12-17-9-10-18-15/h5-10,12H,2-4,11H2,1H3,(H,19,20). The summed E-state index contributed by atoms with van der Waals surface area (Å²) in [7, 11) is 0. The molecule has 2 aromatic rings. The van der Waals surface area contributed by atoms with Crippen molar-refractivity contribution in [3.05, 3.63) is 59.7 Å². The maximum Gasteiger partial charge on any atom is 0.271 e. The van der Waals surface area contributed by atoms with E-state index in [1.54, 1.807) is 6.20 Å². The third-order valence-corrected chi connectivity index (χ3v) is 3.09. The highest BCUT2D eigenvalue weighted by Gasteiger charge is 2.05. The second-order valence-corrected chi connectivity index (χ2v) is 4.69. The second kappa shape index (κ2) is 7.38. The number of hydrogen-bond acceptors (Lipinski definition) is 3. The summed E-state index contributed by atoms with van der Waals surface area (Å²) in [5, 5.41) is 2.84. The van der Waals surface area contributed by atoms with E-state index in [0.29, 0.717) is 12.2 Å². The van der Waals surface area contributed by atoms with E-state index in [0.717, 1.165) is 12.0 Å². The van der Waals surface area contributed by atoms with E-state index in [9.17, 15) is 4.79 Å². The molecule has 2 rings (SSSR count). The van der Waals surface area contributed by atoms with Crippen molar-refractivity contribution in [2.45, 2.75) is 32.7 Å². The van der Waals surface area contributed by atoms with Crippen LogP contribution in [0.4, 0.5) is 0 Å². The van der Waals surface area contributed by atoms with Gasteiger partial charge in [-0.15, -0.1) is 0 Å². The zero-order valence-corrected chi connectivity index (χ0v) is 11.7. The number of carbonyl (C=O) groups is 1. The van der Waals surface area contributed by atoms with Crippen LogP contribution in [0.15, 0.2) is 42.9 Å². The summed E-state index contributed by atoms with van der Waals surface area (Å²) in [5.41, 5.74) is 2.77. The number of aromatic nitrogens is 2. The highest BCUT2D eigenvalue weighted by atomic mass is 16.1. The molecular weight excluding hydrogens is 250 g/mol. The van der Waals surface area contributed by atoms with E-state index >= 15 is 0 Å². The normalized spacial score (nSPS) is 10.2. The molecule has 1 aromatic heterocycles. The van der Waals surface area contributed by atoms with Gasteiger partial charge in [-0.1, -0.05) is 37.6 Å². The number of nitrogens with one attached hydrogen (secondary N) is 1. The zero-order valence-electron chi connectivity index (χ0n) is 11.7. The van der Waals surface area contributed by atoms with Crippen LogP contribution in [0.25, 0.3) is 0 Å². The minimum atomic E-state index is -0.201. The number of nitrogens with zero attached hydrogens (tertiary/aromatic N) is 2. The predicted octanol–water partition coefficient (Wildman–Crippen LogP) is 2.75. The molecule has 1 aromatic carbocycles. The van der Waals surface area contributed by atoms with Gasteiger partial charge in [-0.2, -0.15) is 0 Å². The van der Waals surface area contributed by atoms with Gasteiger partial charge in [-0.25, -0.2) is 4.98 Å². The lowest BCUT2D eigenvalue weighted by Crippen LogP contribution is -2.23. The van der Waals surface area contributed by atoms with Crippen molar-refractivity contribution in [2.24, 2.45) is 0 Å². The first-order valence-corrected chi connectivity index (χ1v) is 6.91. The number of hydrogen-bond donors (Lipinski definition) is 1. The number of unbranched alkanes of at least 4 members (excludes halogenated alkanes) is 1. The molecule has 0 aliphatic rings. The van der Waals surface area contributed by atoms with E-state index in [1.807, 2.05) is 0 Å². The first-order chi connectivity index (χ1) is 9.79. The summed E-state index contributed by atoms with van der Waals surface area (Å²) in [6.45, 7) is 2.69. The second-order valence-electron chi connectivity index (χ2n) is 4.69. The number of amides is 1. The average Bonchev–Trinajstić information content (AvgIpc) is 2.52. The molecule has 0 fully saturated rings. The van der Waals surface area contributed by atoms with E-state index in [1.165, 1.54) is 30.8 Å². The van der Waals surface area contributed by atoms with E-state index < -0.39 is 0 Å². The fraction of sp³-hybridized carbons (Fsp3) is 0.312. The first-order valence-electron chi connectivity index (χ1n) is 6.91. The number of rotatable bonds is 6. The highest BCUT2D eigenvalue weighted by Crippen LogP contribution is 2.08. The van der Waals surface area contributed by atoms with E-state index in [4.69, 9.17) is 0 Å². The number of carbonyl (C=O) groups excluding carboxylic acids is 1. The van der Waals surface area contributed by atoms with Crippen LogP contribution >= 0.6 is 0 Å². The topological polar surface area (TPSA) is 54.9 Å². The Labute approximate surface area is 119 Å². The van der Waals surface area contributed by atoms with Crippen molar-refractivity contribution >= 4 is 5.91 Å². The Morgan fingerprint density at radius 1 is 1.15 bits per heavy atom. The summed E-state index contributed by atoms with van der Waals surface area (Å²) < 4.78 is 0. The maximum absolute atomic E-state index is 11.8. The van der Waals surface area contributed by atoms with Crippen molar-refractivity contribution in [1.29, 1.82) is 0 Å². The van der Waals surface area contributed by atoms with Gasteiger partial charge >= 0.3 is 0 Å². The molecule has 1 N–H and O–H groups in total. The third kappa shape index (κ3) is 4.16. The van der Waals surface area contributed by atoms with Gasteiger partial charge in [0.1, 0.15) is 5.69 Å². The Morgan fingerprint density at radius 3 is 2.55 bits per heavy atom.